The van der Waals surface area contributed by atoms with Crippen LogP contribution >= 0.6 is 0 Å². The maximum Gasteiger partial charge on any atom is 0.265 e. The molecule has 2 heterocycles. The van der Waals surface area contributed by atoms with Crippen molar-refractivity contribution < 1.29 is 8.42 Å². The fraction of sp³-hybridized carbons (Fsp3) is 0.385. The van der Waals surface area contributed by atoms with E-state index in [1.807, 2.05) is 6.92 Å². The monoisotopic (exact) mass is 309 g/mol. The Balaban J connectivity index is 2.09. The minimum absolute atomic E-state index is 0.147. The van der Waals surface area contributed by atoms with E-state index in [2.05, 4.69) is 20.1 Å². The Labute approximate surface area is 124 Å². The van der Waals surface area contributed by atoms with Crippen LogP contribution in [-0.4, -0.2) is 36.3 Å². The molecule has 2 aromatic rings. The van der Waals surface area contributed by atoms with Crippen LogP contribution in [0.2, 0.25) is 0 Å². The van der Waals surface area contributed by atoms with Gasteiger partial charge in [0.25, 0.3) is 10.0 Å². The summed E-state index contributed by atoms with van der Waals surface area (Å²) in [5, 5.41) is 7.22. The molecule has 0 spiro atoms. The number of nitrogens with zero attached hydrogens (tertiary/aromatic N) is 3. The Morgan fingerprint density at radius 2 is 2.19 bits per heavy atom. The van der Waals surface area contributed by atoms with E-state index in [0.29, 0.717) is 12.2 Å². The zero-order valence-corrected chi connectivity index (χ0v) is 12.9. The van der Waals surface area contributed by atoms with Crippen molar-refractivity contribution in [1.82, 2.24) is 20.1 Å². The second kappa shape index (κ2) is 6.68. The first-order valence-corrected chi connectivity index (χ1v) is 8.18. The van der Waals surface area contributed by atoms with E-state index in [4.69, 9.17) is 0 Å². The third-order valence-electron chi connectivity index (χ3n) is 2.84. The number of pyridine rings is 1. The van der Waals surface area contributed by atoms with Crippen molar-refractivity contribution in [3.05, 3.63) is 36.4 Å². The number of anilines is 1. The molecule has 0 bridgehead atoms. The van der Waals surface area contributed by atoms with E-state index in [9.17, 15) is 8.42 Å². The van der Waals surface area contributed by atoms with Crippen molar-refractivity contribution in [3.63, 3.8) is 0 Å². The Kier molecular flexibility index (Phi) is 4.92. The number of rotatable bonds is 7. The normalized spacial score (nSPS) is 11.5. The first-order valence-electron chi connectivity index (χ1n) is 6.70. The molecular formula is C13H19N5O2S. The quantitative estimate of drug-likeness (QED) is 0.745. The number of hydrogen-bond donors (Lipinski definition) is 2. The second-order valence-electron chi connectivity index (χ2n) is 4.58. The van der Waals surface area contributed by atoms with Crippen LogP contribution in [0.25, 0.3) is 0 Å². The Morgan fingerprint density at radius 1 is 1.38 bits per heavy atom. The summed E-state index contributed by atoms with van der Waals surface area (Å²) < 4.78 is 28.6. The van der Waals surface area contributed by atoms with Crippen molar-refractivity contribution in [2.45, 2.75) is 25.3 Å². The molecular weight excluding hydrogens is 290 g/mol. The number of aromatic nitrogens is 3. The molecule has 7 nitrogen and oxygen atoms in total. The van der Waals surface area contributed by atoms with Gasteiger partial charge in [0, 0.05) is 24.6 Å². The van der Waals surface area contributed by atoms with Gasteiger partial charge in [-0.25, -0.2) is 8.42 Å². The summed E-state index contributed by atoms with van der Waals surface area (Å²) in [6.07, 6.45) is 4.43. The van der Waals surface area contributed by atoms with Crippen LogP contribution < -0.4 is 10.0 Å². The highest BCUT2D eigenvalue weighted by atomic mass is 32.2. The first-order chi connectivity index (χ1) is 10.0. The van der Waals surface area contributed by atoms with Gasteiger partial charge in [-0.2, -0.15) is 5.10 Å². The van der Waals surface area contributed by atoms with Gasteiger partial charge >= 0.3 is 0 Å². The second-order valence-corrected chi connectivity index (χ2v) is 6.27. The van der Waals surface area contributed by atoms with Crippen LogP contribution in [0, 0.1) is 6.92 Å². The molecule has 0 aromatic carbocycles. The predicted molar refractivity (Wildman–Crippen MR) is 80.6 cm³/mol. The maximum atomic E-state index is 12.3. The Hall–Kier alpha value is -1.93. The van der Waals surface area contributed by atoms with Gasteiger partial charge in [-0.3, -0.25) is 14.4 Å². The maximum absolute atomic E-state index is 12.3. The van der Waals surface area contributed by atoms with Crippen LogP contribution in [0.3, 0.4) is 0 Å². The Morgan fingerprint density at radius 3 is 2.90 bits per heavy atom. The minimum Gasteiger partial charge on any atom is -0.315 e. The van der Waals surface area contributed by atoms with Crippen molar-refractivity contribution >= 4 is 15.7 Å². The van der Waals surface area contributed by atoms with Gasteiger partial charge in [0.1, 0.15) is 4.90 Å². The fourth-order valence-electron chi connectivity index (χ4n) is 1.80. The van der Waals surface area contributed by atoms with Crippen LogP contribution in [0.15, 0.2) is 35.6 Å². The van der Waals surface area contributed by atoms with Crippen LogP contribution in [0.4, 0.5) is 5.69 Å². The molecule has 0 aliphatic carbocycles. The van der Waals surface area contributed by atoms with Gasteiger partial charge in [0.2, 0.25) is 0 Å². The molecule has 114 valence electrons. The van der Waals surface area contributed by atoms with Gasteiger partial charge in [-0.05, 0) is 25.6 Å². The summed E-state index contributed by atoms with van der Waals surface area (Å²) in [6, 6.07) is 3.29. The van der Waals surface area contributed by atoms with E-state index in [1.54, 1.807) is 29.9 Å². The molecule has 0 fully saturated rings. The fourth-order valence-corrected chi connectivity index (χ4v) is 2.80. The molecule has 2 N–H and O–H groups in total. The third-order valence-corrected chi connectivity index (χ3v) is 4.17. The van der Waals surface area contributed by atoms with Crippen LogP contribution in [0.5, 0.6) is 0 Å². The summed E-state index contributed by atoms with van der Waals surface area (Å²) in [6.45, 7) is 6.05. The SMILES string of the molecule is CCNCCn1cc(S(=O)(=O)Nc2ccnc(C)c2)cn1. The molecule has 0 aliphatic heterocycles. The summed E-state index contributed by atoms with van der Waals surface area (Å²) in [5.41, 5.74) is 1.24. The summed E-state index contributed by atoms with van der Waals surface area (Å²) in [4.78, 5) is 4.18. The molecule has 0 aliphatic rings. The molecule has 0 saturated heterocycles. The minimum atomic E-state index is -3.62. The first kappa shape index (κ1) is 15.5. The largest absolute Gasteiger partial charge is 0.315 e. The van der Waals surface area contributed by atoms with Crippen LogP contribution in [0.1, 0.15) is 12.6 Å². The van der Waals surface area contributed by atoms with Crippen molar-refractivity contribution in [2.75, 3.05) is 17.8 Å². The van der Waals surface area contributed by atoms with Crippen molar-refractivity contribution in [3.8, 4) is 0 Å². The lowest BCUT2D eigenvalue weighted by molar-refractivity contribution is 0.564. The zero-order chi connectivity index (χ0) is 15.3. The van der Waals surface area contributed by atoms with E-state index >= 15 is 0 Å². The lowest BCUT2D eigenvalue weighted by Crippen LogP contribution is -2.19. The van der Waals surface area contributed by atoms with E-state index in [-0.39, 0.29) is 4.90 Å². The Bertz CT molecular complexity index is 696. The summed E-state index contributed by atoms with van der Waals surface area (Å²) in [7, 11) is -3.62. The van der Waals surface area contributed by atoms with Gasteiger partial charge in [0.05, 0.1) is 18.4 Å². The molecule has 8 heteroatoms. The van der Waals surface area contributed by atoms with Crippen LogP contribution in [-0.2, 0) is 16.6 Å². The number of sulfonamides is 1. The topological polar surface area (TPSA) is 88.9 Å². The molecule has 0 unspecified atom stereocenters. The molecule has 21 heavy (non-hydrogen) atoms. The molecule has 0 atom stereocenters. The molecule has 0 saturated carbocycles. The van der Waals surface area contributed by atoms with Crippen molar-refractivity contribution in [1.29, 1.82) is 0 Å². The standard InChI is InChI=1S/C13H19N5O2S/c1-3-14-6-7-18-10-13(9-16-18)21(19,20)17-12-4-5-15-11(2)8-12/h4-5,8-10,14H,3,6-7H2,1-2H3,(H,15,17). The molecule has 2 rings (SSSR count). The summed E-state index contributed by atoms with van der Waals surface area (Å²) in [5.74, 6) is 0. The highest BCUT2D eigenvalue weighted by molar-refractivity contribution is 7.92. The summed E-state index contributed by atoms with van der Waals surface area (Å²) >= 11 is 0. The van der Waals surface area contributed by atoms with Crippen molar-refractivity contribution in [2.24, 2.45) is 0 Å². The smallest absolute Gasteiger partial charge is 0.265 e. The third kappa shape index (κ3) is 4.27. The van der Waals surface area contributed by atoms with Gasteiger partial charge < -0.3 is 5.32 Å². The highest BCUT2D eigenvalue weighted by Crippen LogP contribution is 2.15. The average Bonchev–Trinajstić information content (AvgIpc) is 2.88. The highest BCUT2D eigenvalue weighted by Gasteiger charge is 2.16. The van der Waals surface area contributed by atoms with E-state index in [0.717, 1.165) is 18.8 Å². The lowest BCUT2D eigenvalue weighted by Gasteiger charge is -2.06. The lowest BCUT2D eigenvalue weighted by atomic mass is 10.3. The van der Waals surface area contributed by atoms with Gasteiger partial charge in [-0.1, -0.05) is 6.92 Å². The van der Waals surface area contributed by atoms with Gasteiger partial charge in [-0.15, -0.1) is 0 Å². The molecule has 2 aromatic heterocycles. The molecule has 0 radical (unpaired) electrons. The molecule has 0 amide bonds. The number of likely N-dealkylation sites (N-methyl/N-ethyl adjacent to an activating group) is 1. The van der Waals surface area contributed by atoms with Gasteiger partial charge in [0.15, 0.2) is 0 Å². The predicted octanol–water partition coefficient (Wildman–Crippen LogP) is 0.997. The number of aryl methyl sites for hydroxylation is 1. The number of hydrogen-bond acceptors (Lipinski definition) is 5. The number of nitrogens with one attached hydrogen (secondary N) is 2. The average molecular weight is 309 g/mol. The van der Waals surface area contributed by atoms with E-state index < -0.39 is 10.0 Å². The zero-order valence-electron chi connectivity index (χ0n) is 12.1. The van der Waals surface area contributed by atoms with E-state index in [1.165, 1.54) is 12.4 Å².